The van der Waals surface area contributed by atoms with Gasteiger partial charge >= 0.3 is 0 Å². The van der Waals surface area contributed by atoms with E-state index in [2.05, 4.69) is 26.3 Å². The molecule has 1 aliphatic heterocycles. The van der Waals surface area contributed by atoms with Crippen LogP contribution in [-0.4, -0.2) is 35.1 Å². The lowest BCUT2D eigenvalue weighted by Crippen LogP contribution is -2.38. The van der Waals surface area contributed by atoms with Gasteiger partial charge in [-0.3, -0.25) is 4.79 Å². The van der Waals surface area contributed by atoms with Crippen LogP contribution in [0.1, 0.15) is 25.1 Å². The Morgan fingerprint density at radius 1 is 1.35 bits per heavy atom. The molecule has 0 saturated carbocycles. The smallest absolute Gasteiger partial charge is 0.223 e. The fraction of sp³-hybridized carbons (Fsp3) is 0.529. The van der Waals surface area contributed by atoms with Crippen molar-refractivity contribution in [2.24, 2.45) is 5.92 Å². The molecule has 0 atom stereocenters. The van der Waals surface area contributed by atoms with Gasteiger partial charge < -0.3 is 15.2 Å². The van der Waals surface area contributed by atoms with Crippen molar-refractivity contribution >= 4 is 29.3 Å². The molecule has 0 spiro atoms. The number of carbonyl (C=O) groups excluding carboxylic acids is 1. The van der Waals surface area contributed by atoms with Crippen LogP contribution in [0.3, 0.4) is 0 Å². The Morgan fingerprint density at radius 2 is 2.09 bits per heavy atom. The second kappa shape index (κ2) is 8.31. The summed E-state index contributed by atoms with van der Waals surface area (Å²) >= 11 is 0. The molecule has 0 aliphatic carbocycles. The summed E-state index contributed by atoms with van der Waals surface area (Å²) in [7, 11) is 0. The highest BCUT2D eigenvalue weighted by Gasteiger charge is 2.20. The van der Waals surface area contributed by atoms with Gasteiger partial charge in [0.1, 0.15) is 5.82 Å². The molecule has 2 heterocycles. The van der Waals surface area contributed by atoms with E-state index in [-0.39, 0.29) is 24.2 Å². The van der Waals surface area contributed by atoms with Gasteiger partial charge in [0.2, 0.25) is 5.91 Å². The van der Waals surface area contributed by atoms with Crippen LogP contribution in [0, 0.1) is 12.8 Å². The first-order chi connectivity index (χ1) is 10.8. The Labute approximate surface area is 143 Å². The molecule has 1 fully saturated rings. The predicted octanol–water partition coefficient (Wildman–Crippen LogP) is 2.27. The average Bonchev–Trinajstić information content (AvgIpc) is 2.88. The van der Waals surface area contributed by atoms with E-state index in [9.17, 15) is 4.79 Å². The first-order valence-electron chi connectivity index (χ1n) is 8.16. The van der Waals surface area contributed by atoms with Crippen LogP contribution in [0.4, 0.5) is 0 Å². The van der Waals surface area contributed by atoms with E-state index >= 15 is 0 Å². The van der Waals surface area contributed by atoms with Gasteiger partial charge in [0.15, 0.2) is 0 Å². The van der Waals surface area contributed by atoms with E-state index in [1.54, 1.807) is 0 Å². The number of piperidine rings is 1. The highest BCUT2D eigenvalue weighted by atomic mass is 35.5. The largest absolute Gasteiger partial charge is 0.356 e. The second-order valence-corrected chi connectivity index (χ2v) is 5.97. The number of rotatable bonds is 5. The number of aromatic nitrogens is 2. The predicted molar refractivity (Wildman–Crippen MR) is 94.9 cm³/mol. The Bertz CT molecular complexity index is 649. The molecule has 1 amide bonds. The quantitative estimate of drug-likeness (QED) is 0.823. The fourth-order valence-electron chi connectivity index (χ4n) is 3.16. The average molecular weight is 337 g/mol. The van der Waals surface area contributed by atoms with Crippen molar-refractivity contribution < 1.29 is 4.79 Å². The summed E-state index contributed by atoms with van der Waals surface area (Å²) in [5, 5.41) is 6.37. The van der Waals surface area contributed by atoms with Crippen molar-refractivity contribution in [2.45, 2.75) is 32.7 Å². The zero-order valence-corrected chi connectivity index (χ0v) is 14.4. The number of hydrogen-bond acceptors (Lipinski definition) is 3. The van der Waals surface area contributed by atoms with Gasteiger partial charge in [-0.25, -0.2) is 4.98 Å². The first kappa shape index (κ1) is 17.8. The molecule has 1 aromatic carbocycles. The van der Waals surface area contributed by atoms with Crippen molar-refractivity contribution in [3.05, 3.63) is 30.1 Å². The fourth-order valence-corrected chi connectivity index (χ4v) is 3.16. The monoisotopic (exact) mass is 336 g/mol. The van der Waals surface area contributed by atoms with Gasteiger partial charge in [0, 0.05) is 19.0 Å². The topological polar surface area (TPSA) is 59.0 Å². The van der Waals surface area contributed by atoms with Gasteiger partial charge in [-0.1, -0.05) is 12.1 Å². The van der Waals surface area contributed by atoms with Gasteiger partial charge in [0.25, 0.3) is 0 Å². The zero-order chi connectivity index (χ0) is 15.4. The van der Waals surface area contributed by atoms with E-state index in [1.165, 1.54) is 5.52 Å². The summed E-state index contributed by atoms with van der Waals surface area (Å²) in [6, 6.07) is 8.19. The molecule has 23 heavy (non-hydrogen) atoms. The minimum Gasteiger partial charge on any atom is -0.356 e. The molecule has 126 valence electrons. The number of halogens is 1. The zero-order valence-electron chi connectivity index (χ0n) is 13.5. The van der Waals surface area contributed by atoms with Crippen molar-refractivity contribution in [1.29, 1.82) is 0 Å². The van der Waals surface area contributed by atoms with Crippen molar-refractivity contribution in [3.63, 3.8) is 0 Å². The van der Waals surface area contributed by atoms with Crippen LogP contribution in [0.5, 0.6) is 0 Å². The number of hydrogen-bond donors (Lipinski definition) is 2. The number of fused-ring (bicyclic) bond motifs is 1. The minimum atomic E-state index is 0. The number of carbonyl (C=O) groups is 1. The normalized spacial score (nSPS) is 15.3. The molecule has 1 aromatic heterocycles. The molecule has 1 saturated heterocycles. The van der Waals surface area contributed by atoms with Crippen LogP contribution in [0.2, 0.25) is 0 Å². The molecule has 0 bridgehead atoms. The van der Waals surface area contributed by atoms with Crippen LogP contribution in [0.25, 0.3) is 11.0 Å². The molecule has 2 aromatic rings. The SMILES string of the molecule is Cc1nc2ccccc2n1CCCNC(=O)C1CCNCC1.Cl. The molecular weight excluding hydrogens is 312 g/mol. The van der Waals surface area contributed by atoms with Gasteiger partial charge in [-0.15, -0.1) is 12.4 Å². The van der Waals surface area contributed by atoms with Crippen LogP contribution in [0.15, 0.2) is 24.3 Å². The number of amides is 1. The van der Waals surface area contributed by atoms with Crippen molar-refractivity contribution in [1.82, 2.24) is 20.2 Å². The van der Waals surface area contributed by atoms with E-state index in [4.69, 9.17) is 0 Å². The highest BCUT2D eigenvalue weighted by molar-refractivity contribution is 5.85. The minimum absolute atomic E-state index is 0. The lowest BCUT2D eigenvalue weighted by Gasteiger charge is -2.21. The molecule has 3 rings (SSSR count). The molecule has 5 nitrogen and oxygen atoms in total. The number of nitrogens with zero attached hydrogens (tertiary/aromatic N) is 2. The maximum atomic E-state index is 12.1. The third-order valence-electron chi connectivity index (χ3n) is 4.41. The summed E-state index contributed by atoms with van der Waals surface area (Å²) < 4.78 is 2.23. The van der Waals surface area contributed by atoms with Crippen molar-refractivity contribution in [2.75, 3.05) is 19.6 Å². The molecular formula is C17H25ClN4O. The van der Waals surface area contributed by atoms with Crippen LogP contribution < -0.4 is 10.6 Å². The summed E-state index contributed by atoms with van der Waals surface area (Å²) in [6.07, 6.45) is 2.84. The van der Waals surface area contributed by atoms with Crippen LogP contribution >= 0.6 is 12.4 Å². The molecule has 0 unspecified atom stereocenters. The highest BCUT2D eigenvalue weighted by Crippen LogP contribution is 2.16. The number of aryl methyl sites for hydroxylation is 2. The third kappa shape index (κ3) is 4.24. The van der Waals surface area contributed by atoms with Crippen LogP contribution in [-0.2, 0) is 11.3 Å². The molecule has 6 heteroatoms. The summed E-state index contributed by atoms with van der Waals surface area (Å²) in [5.74, 6) is 1.44. The Morgan fingerprint density at radius 3 is 2.87 bits per heavy atom. The number of benzene rings is 1. The standard InChI is InChI=1S/C17H24N4O.ClH/c1-13-20-15-5-2-3-6-16(15)21(13)12-4-9-19-17(22)14-7-10-18-11-8-14;/h2-3,5-6,14,18H,4,7-12H2,1H3,(H,19,22);1H. The van der Waals surface area contributed by atoms with E-state index in [0.29, 0.717) is 0 Å². The van der Waals surface area contributed by atoms with Gasteiger partial charge in [-0.05, 0) is 51.4 Å². The molecule has 1 aliphatic rings. The number of nitrogens with one attached hydrogen (secondary N) is 2. The maximum absolute atomic E-state index is 12.1. The lowest BCUT2D eigenvalue weighted by molar-refractivity contribution is -0.125. The Kier molecular flexibility index (Phi) is 6.42. The van der Waals surface area contributed by atoms with Gasteiger partial charge in [-0.2, -0.15) is 0 Å². The van der Waals surface area contributed by atoms with Gasteiger partial charge in [0.05, 0.1) is 11.0 Å². The Hall–Kier alpha value is -1.59. The lowest BCUT2D eigenvalue weighted by atomic mass is 9.97. The summed E-state index contributed by atoms with van der Waals surface area (Å²) in [4.78, 5) is 16.6. The molecule has 2 N–H and O–H groups in total. The van der Waals surface area contributed by atoms with E-state index in [1.807, 2.05) is 25.1 Å². The Balaban J connectivity index is 0.00000192. The first-order valence-corrected chi connectivity index (χ1v) is 8.16. The maximum Gasteiger partial charge on any atom is 0.223 e. The second-order valence-electron chi connectivity index (χ2n) is 5.97. The summed E-state index contributed by atoms with van der Waals surface area (Å²) in [6.45, 7) is 5.57. The third-order valence-corrected chi connectivity index (χ3v) is 4.41. The number of imidazole rings is 1. The van der Waals surface area contributed by atoms with Crippen molar-refractivity contribution in [3.8, 4) is 0 Å². The van der Waals surface area contributed by atoms with E-state index < -0.39 is 0 Å². The molecule has 0 radical (unpaired) electrons. The number of para-hydroxylation sites is 2. The summed E-state index contributed by atoms with van der Waals surface area (Å²) in [5.41, 5.74) is 2.21. The van der Waals surface area contributed by atoms with E-state index in [0.717, 1.165) is 56.8 Å².